The number of amides is 2. The number of hydrogen-bond donors (Lipinski definition) is 3. The summed E-state index contributed by atoms with van der Waals surface area (Å²) in [5.74, 6) is 4.53. The monoisotopic (exact) mass is 242 g/mol. The van der Waals surface area contributed by atoms with Crippen molar-refractivity contribution in [2.75, 3.05) is 13.1 Å². The molecule has 0 heterocycles. The summed E-state index contributed by atoms with van der Waals surface area (Å²) >= 11 is 0. The molecule has 0 aromatic carbocycles. The molecule has 6 nitrogen and oxygen atoms in total. The van der Waals surface area contributed by atoms with Gasteiger partial charge in [0.1, 0.15) is 0 Å². The van der Waals surface area contributed by atoms with E-state index in [0.29, 0.717) is 18.9 Å². The maximum Gasteiger partial charge on any atom is 0.233 e. The number of hydrogen-bond acceptors (Lipinski definition) is 4. The van der Waals surface area contributed by atoms with Crippen molar-refractivity contribution in [3.63, 3.8) is 0 Å². The fourth-order valence-corrected chi connectivity index (χ4v) is 2.38. The Kier molecular flexibility index (Phi) is 5.93. The fourth-order valence-electron chi connectivity index (χ4n) is 2.38. The van der Waals surface area contributed by atoms with E-state index in [9.17, 15) is 9.59 Å². The van der Waals surface area contributed by atoms with Crippen LogP contribution in [0.3, 0.4) is 0 Å². The van der Waals surface area contributed by atoms with Gasteiger partial charge in [0.15, 0.2) is 0 Å². The number of carbonyl (C=O) groups excluding carboxylic acids is 2. The van der Waals surface area contributed by atoms with Gasteiger partial charge in [-0.15, -0.1) is 0 Å². The number of hydrazine groups is 1. The van der Waals surface area contributed by atoms with Gasteiger partial charge in [-0.05, 0) is 25.8 Å². The fraction of sp³-hybridized carbons (Fsp3) is 0.818. The smallest absolute Gasteiger partial charge is 0.233 e. The normalized spacial score (nSPS) is 16.4. The van der Waals surface area contributed by atoms with Crippen molar-refractivity contribution in [3.8, 4) is 0 Å². The van der Waals surface area contributed by atoms with Crippen LogP contribution >= 0.6 is 0 Å². The zero-order valence-electron chi connectivity index (χ0n) is 10.2. The Bertz CT molecular complexity index is 264. The zero-order chi connectivity index (χ0) is 12.7. The molecule has 0 aliphatic heterocycles. The highest BCUT2D eigenvalue weighted by Crippen LogP contribution is 2.23. The summed E-state index contributed by atoms with van der Waals surface area (Å²) in [6, 6.07) is 0.448. The van der Waals surface area contributed by atoms with Crippen LogP contribution in [-0.2, 0) is 9.59 Å². The molecule has 0 saturated heterocycles. The molecular formula is C11H22N4O2. The van der Waals surface area contributed by atoms with Crippen LogP contribution in [0.25, 0.3) is 0 Å². The van der Waals surface area contributed by atoms with Crippen molar-refractivity contribution >= 4 is 11.8 Å². The van der Waals surface area contributed by atoms with Gasteiger partial charge >= 0.3 is 0 Å². The lowest BCUT2D eigenvalue weighted by atomic mass is 10.2. The summed E-state index contributed by atoms with van der Waals surface area (Å²) in [7, 11) is 0. The van der Waals surface area contributed by atoms with Crippen LogP contribution in [0.4, 0.5) is 0 Å². The van der Waals surface area contributed by atoms with Crippen LogP contribution in [0.5, 0.6) is 0 Å². The molecule has 0 unspecified atom stereocenters. The summed E-state index contributed by atoms with van der Waals surface area (Å²) in [6.45, 7) is 1.01. The van der Waals surface area contributed by atoms with Crippen LogP contribution in [0, 0.1) is 0 Å². The molecule has 1 rings (SSSR count). The van der Waals surface area contributed by atoms with Gasteiger partial charge in [-0.3, -0.25) is 19.9 Å². The number of primary amides is 1. The van der Waals surface area contributed by atoms with Crippen LogP contribution < -0.4 is 17.0 Å². The zero-order valence-corrected chi connectivity index (χ0v) is 10.2. The highest BCUT2D eigenvalue weighted by Gasteiger charge is 2.23. The summed E-state index contributed by atoms with van der Waals surface area (Å²) in [4.78, 5) is 24.1. The molecular weight excluding hydrogens is 220 g/mol. The third kappa shape index (κ3) is 5.14. The van der Waals surface area contributed by atoms with E-state index in [1.54, 1.807) is 0 Å². The van der Waals surface area contributed by atoms with E-state index in [0.717, 1.165) is 19.4 Å². The molecule has 1 fully saturated rings. The van der Waals surface area contributed by atoms with Gasteiger partial charge in [0, 0.05) is 12.5 Å². The van der Waals surface area contributed by atoms with Gasteiger partial charge in [-0.25, -0.2) is 5.84 Å². The Hall–Kier alpha value is -1.14. The molecule has 17 heavy (non-hydrogen) atoms. The largest absolute Gasteiger partial charge is 0.369 e. The first kappa shape index (κ1) is 13.9. The Labute approximate surface area is 102 Å². The van der Waals surface area contributed by atoms with Gasteiger partial charge in [0.2, 0.25) is 11.8 Å². The first-order chi connectivity index (χ1) is 8.13. The highest BCUT2D eigenvalue weighted by atomic mass is 16.2. The second-order valence-corrected chi connectivity index (χ2v) is 4.55. The van der Waals surface area contributed by atoms with Crippen LogP contribution in [0.15, 0.2) is 0 Å². The van der Waals surface area contributed by atoms with Gasteiger partial charge < -0.3 is 5.73 Å². The second-order valence-electron chi connectivity index (χ2n) is 4.55. The molecule has 1 aliphatic carbocycles. The Morgan fingerprint density at radius 2 is 1.94 bits per heavy atom. The van der Waals surface area contributed by atoms with E-state index in [2.05, 4.69) is 10.3 Å². The standard InChI is InChI=1S/C11H22N4O2/c12-10(16)8-15(9-4-1-2-5-9)7-3-6-11(17)14-13/h9H,1-8,13H2,(H2,12,16)(H,14,17). The lowest BCUT2D eigenvalue weighted by Crippen LogP contribution is -2.41. The van der Waals surface area contributed by atoms with Crippen LogP contribution in [0.1, 0.15) is 38.5 Å². The number of nitrogens with zero attached hydrogens (tertiary/aromatic N) is 1. The minimum atomic E-state index is -0.305. The van der Waals surface area contributed by atoms with E-state index in [1.807, 2.05) is 0 Å². The lowest BCUT2D eigenvalue weighted by Gasteiger charge is -2.27. The Morgan fingerprint density at radius 3 is 2.47 bits per heavy atom. The maximum absolute atomic E-state index is 11.0. The summed E-state index contributed by atoms with van der Waals surface area (Å²) in [5.41, 5.74) is 7.34. The lowest BCUT2D eigenvalue weighted by molar-refractivity contribution is -0.121. The first-order valence-electron chi connectivity index (χ1n) is 6.15. The average molecular weight is 242 g/mol. The Morgan fingerprint density at radius 1 is 1.29 bits per heavy atom. The molecule has 0 aromatic rings. The number of nitrogens with one attached hydrogen (secondary N) is 1. The summed E-state index contributed by atoms with van der Waals surface area (Å²) in [5, 5.41) is 0. The minimum Gasteiger partial charge on any atom is -0.369 e. The minimum absolute atomic E-state index is 0.171. The van der Waals surface area contributed by atoms with Crippen molar-refractivity contribution in [2.45, 2.75) is 44.6 Å². The Balaban J connectivity index is 2.34. The quantitative estimate of drug-likeness (QED) is 0.318. The van der Waals surface area contributed by atoms with Gasteiger partial charge in [-0.1, -0.05) is 12.8 Å². The molecule has 0 aromatic heterocycles. The third-order valence-corrected chi connectivity index (χ3v) is 3.21. The second kappa shape index (κ2) is 7.24. The van der Waals surface area contributed by atoms with E-state index < -0.39 is 0 Å². The SMILES string of the molecule is NNC(=O)CCCN(CC(N)=O)C1CCCC1. The van der Waals surface area contributed by atoms with E-state index >= 15 is 0 Å². The molecule has 5 N–H and O–H groups in total. The molecule has 0 bridgehead atoms. The topological polar surface area (TPSA) is 101 Å². The van der Waals surface area contributed by atoms with E-state index in [4.69, 9.17) is 11.6 Å². The number of carbonyl (C=O) groups is 2. The highest BCUT2D eigenvalue weighted by molar-refractivity contribution is 5.76. The molecule has 0 atom stereocenters. The van der Waals surface area contributed by atoms with Gasteiger partial charge in [0.05, 0.1) is 6.54 Å². The van der Waals surface area contributed by atoms with E-state index in [-0.39, 0.29) is 18.4 Å². The number of rotatable bonds is 7. The molecule has 1 aliphatic rings. The molecule has 98 valence electrons. The molecule has 2 amide bonds. The van der Waals surface area contributed by atoms with Crippen molar-refractivity contribution in [1.82, 2.24) is 10.3 Å². The van der Waals surface area contributed by atoms with Crippen LogP contribution in [0.2, 0.25) is 0 Å². The molecule has 6 heteroatoms. The van der Waals surface area contributed by atoms with Crippen molar-refractivity contribution in [2.24, 2.45) is 11.6 Å². The maximum atomic E-state index is 11.0. The van der Waals surface area contributed by atoms with Crippen molar-refractivity contribution in [1.29, 1.82) is 0 Å². The van der Waals surface area contributed by atoms with Gasteiger partial charge in [-0.2, -0.15) is 0 Å². The molecule has 0 radical (unpaired) electrons. The third-order valence-electron chi connectivity index (χ3n) is 3.21. The van der Waals surface area contributed by atoms with Crippen molar-refractivity contribution < 1.29 is 9.59 Å². The predicted octanol–water partition coefficient (Wildman–Crippen LogP) is -0.514. The molecule has 0 spiro atoms. The summed E-state index contributed by atoms with van der Waals surface area (Å²) < 4.78 is 0. The number of nitrogens with two attached hydrogens (primary N) is 2. The van der Waals surface area contributed by atoms with Crippen LogP contribution in [-0.4, -0.2) is 35.8 Å². The average Bonchev–Trinajstić information content (AvgIpc) is 2.80. The first-order valence-corrected chi connectivity index (χ1v) is 6.15. The van der Waals surface area contributed by atoms with Crippen molar-refractivity contribution in [3.05, 3.63) is 0 Å². The predicted molar refractivity (Wildman–Crippen MR) is 64.6 cm³/mol. The summed E-state index contributed by atoms with van der Waals surface area (Å²) in [6.07, 6.45) is 5.75. The molecule has 1 saturated carbocycles. The van der Waals surface area contributed by atoms with E-state index in [1.165, 1.54) is 12.8 Å². The van der Waals surface area contributed by atoms with Gasteiger partial charge in [0.25, 0.3) is 0 Å².